The molecule has 152 valence electrons. The summed E-state index contributed by atoms with van der Waals surface area (Å²) in [5, 5.41) is 7.92. The Morgan fingerprint density at radius 1 is 1.20 bits per heavy atom. The molecule has 1 amide bonds. The highest BCUT2D eigenvalue weighted by molar-refractivity contribution is 5.97. The van der Waals surface area contributed by atoms with E-state index in [0.717, 1.165) is 46.1 Å². The van der Waals surface area contributed by atoms with Crippen LogP contribution in [0.3, 0.4) is 0 Å². The summed E-state index contributed by atoms with van der Waals surface area (Å²) in [4.78, 5) is 25.4. The van der Waals surface area contributed by atoms with Gasteiger partial charge in [-0.2, -0.15) is 5.10 Å². The van der Waals surface area contributed by atoms with E-state index in [1.165, 1.54) is 6.33 Å². The molecule has 5 rings (SSSR count). The number of nitrogens with one attached hydrogen (secondary N) is 1. The molecule has 8 heteroatoms. The second kappa shape index (κ2) is 7.12. The number of alkyl halides is 1. The zero-order chi connectivity index (χ0) is 20.8. The van der Waals surface area contributed by atoms with Crippen molar-refractivity contribution in [2.45, 2.75) is 39.3 Å². The molecule has 0 spiro atoms. The number of amides is 1. The van der Waals surface area contributed by atoms with Crippen molar-refractivity contribution < 1.29 is 9.18 Å². The summed E-state index contributed by atoms with van der Waals surface area (Å²) in [5.74, 6) is -0.532. The fourth-order valence-electron chi connectivity index (χ4n) is 3.78. The fourth-order valence-corrected chi connectivity index (χ4v) is 3.78. The van der Waals surface area contributed by atoms with Crippen LogP contribution in [0.4, 0.5) is 10.2 Å². The minimum Gasteiger partial charge on any atom is -0.310 e. The zero-order valence-electron chi connectivity index (χ0n) is 16.8. The van der Waals surface area contributed by atoms with E-state index < -0.39 is 12.1 Å². The first-order valence-corrected chi connectivity index (χ1v) is 10.1. The average Bonchev–Trinajstić information content (AvgIpc) is 3.26. The zero-order valence-corrected chi connectivity index (χ0v) is 16.8. The van der Waals surface area contributed by atoms with E-state index in [1.54, 1.807) is 16.8 Å². The van der Waals surface area contributed by atoms with Crippen molar-refractivity contribution in [1.82, 2.24) is 24.6 Å². The lowest BCUT2D eigenvalue weighted by molar-refractivity contribution is -0.117. The number of aryl methyl sites for hydroxylation is 2. The maximum absolute atomic E-state index is 13.1. The number of fused-ring (bicyclic) bond motifs is 3. The number of halogens is 1. The van der Waals surface area contributed by atoms with E-state index in [-0.39, 0.29) is 12.3 Å². The minimum absolute atomic E-state index is 0.278. The van der Waals surface area contributed by atoms with Crippen molar-refractivity contribution in [1.29, 1.82) is 0 Å². The van der Waals surface area contributed by atoms with Gasteiger partial charge in [-0.25, -0.2) is 18.9 Å². The van der Waals surface area contributed by atoms with Crippen LogP contribution in [0, 0.1) is 12.8 Å². The van der Waals surface area contributed by atoms with E-state index in [0.29, 0.717) is 11.5 Å². The van der Waals surface area contributed by atoms with Gasteiger partial charge in [-0.3, -0.25) is 9.78 Å². The van der Waals surface area contributed by atoms with Gasteiger partial charge in [0, 0.05) is 40.7 Å². The Kier molecular flexibility index (Phi) is 4.42. The average molecular weight is 404 g/mol. The summed E-state index contributed by atoms with van der Waals surface area (Å²) in [6, 6.07) is 5.87. The molecule has 0 bridgehead atoms. The van der Waals surface area contributed by atoms with Gasteiger partial charge in [0.25, 0.3) is 0 Å². The summed E-state index contributed by atoms with van der Waals surface area (Å²) >= 11 is 0. The van der Waals surface area contributed by atoms with E-state index in [1.807, 2.05) is 12.3 Å². The SMILES string of the molecule is CCCc1cc(C)c(-c2cc3cnc(NC(=O)[C@H]4C[C@H]4F)cc3n3ncnc23)cn1. The van der Waals surface area contributed by atoms with Gasteiger partial charge in [0.15, 0.2) is 5.65 Å². The fraction of sp³-hybridized carbons (Fsp3) is 0.318. The highest BCUT2D eigenvalue weighted by Gasteiger charge is 2.43. The number of nitrogens with zero attached hydrogens (tertiary/aromatic N) is 5. The van der Waals surface area contributed by atoms with Gasteiger partial charge in [-0.1, -0.05) is 13.3 Å². The maximum Gasteiger partial charge on any atom is 0.231 e. The van der Waals surface area contributed by atoms with Gasteiger partial charge >= 0.3 is 0 Å². The Morgan fingerprint density at radius 2 is 2.03 bits per heavy atom. The first kappa shape index (κ1) is 18.6. The third-order valence-corrected chi connectivity index (χ3v) is 5.49. The van der Waals surface area contributed by atoms with Gasteiger partial charge in [-0.05, 0) is 37.5 Å². The molecule has 2 atom stereocenters. The molecule has 0 unspecified atom stereocenters. The number of aromatic nitrogens is 5. The summed E-state index contributed by atoms with van der Waals surface area (Å²) in [5.41, 5.74) is 5.58. The summed E-state index contributed by atoms with van der Waals surface area (Å²) in [6.45, 7) is 4.21. The third kappa shape index (κ3) is 3.18. The lowest BCUT2D eigenvalue weighted by atomic mass is 10.0. The first-order valence-electron chi connectivity index (χ1n) is 10.1. The molecule has 0 saturated heterocycles. The van der Waals surface area contributed by atoms with Crippen molar-refractivity contribution in [3.63, 3.8) is 0 Å². The summed E-state index contributed by atoms with van der Waals surface area (Å²) in [7, 11) is 0. The highest BCUT2D eigenvalue weighted by Crippen LogP contribution is 2.35. The van der Waals surface area contributed by atoms with Crippen molar-refractivity contribution in [3.8, 4) is 11.1 Å². The second-order valence-corrected chi connectivity index (χ2v) is 7.77. The maximum atomic E-state index is 13.1. The lowest BCUT2D eigenvalue weighted by Gasteiger charge is -2.12. The van der Waals surface area contributed by atoms with Crippen molar-refractivity contribution in [2.75, 3.05) is 5.32 Å². The second-order valence-electron chi connectivity index (χ2n) is 7.77. The summed E-state index contributed by atoms with van der Waals surface area (Å²) < 4.78 is 14.9. The molecule has 7 nitrogen and oxygen atoms in total. The number of carbonyl (C=O) groups excluding carboxylic acids is 1. The third-order valence-electron chi connectivity index (χ3n) is 5.49. The largest absolute Gasteiger partial charge is 0.310 e. The minimum atomic E-state index is -1.05. The van der Waals surface area contributed by atoms with Crippen LogP contribution >= 0.6 is 0 Å². The molecule has 30 heavy (non-hydrogen) atoms. The van der Waals surface area contributed by atoms with Gasteiger partial charge in [0.1, 0.15) is 18.3 Å². The van der Waals surface area contributed by atoms with Crippen LogP contribution in [0.2, 0.25) is 0 Å². The predicted octanol–water partition coefficient (Wildman–Crippen LogP) is 3.90. The first-order chi connectivity index (χ1) is 14.5. The Bertz CT molecular complexity index is 1280. The van der Waals surface area contributed by atoms with E-state index in [2.05, 4.69) is 45.3 Å². The Hall–Kier alpha value is -3.42. The number of hydrogen-bond acceptors (Lipinski definition) is 5. The smallest absolute Gasteiger partial charge is 0.231 e. The molecule has 4 aromatic rings. The number of pyridine rings is 3. The number of anilines is 1. The van der Waals surface area contributed by atoms with E-state index in [4.69, 9.17) is 0 Å². The molecule has 1 aliphatic rings. The quantitative estimate of drug-likeness (QED) is 0.545. The van der Waals surface area contributed by atoms with Gasteiger partial charge in [0.2, 0.25) is 5.91 Å². The molecule has 0 aliphatic heterocycles. The molecule has 1 N–H and O–H groups in total. The van der Waals surface area contributed by atoms with Gasteiger partial charge in [0.05, 0.1) is 11.4 Å². The Labute approximate surface area is 172 Å². The van der Waals surface area contributed by atoms with Gasteiger partial charge < -0.3 is 5.32 Å². The normalized spacial score (nSPS) is 18.1. The van der Waals surface area contributed by atoms with Crippen LogP contribution in [0.15, 0.2) is 36.9 Å². The van der Waals surface area contributed by atoms with Crippen molar-refractivity contribution in [3.05, 3.63) is 48.2 Å². The molecule has 1 fully saturated rings. The van der Waals surface area contributed by atoms with Crippen molar-refractivity contribution in [2.24, 2.45) is 5.92 Å². The highest BCUT2D eigenvalue weighted by atomic mass is 19.1. The van der Waals surface area contributed by atoms with Crippen LogP contribution < -0.4 is 5.32 Å². The Morgan fingerprint density at radius 3 is 2.77 bits per heavy atom. The summed E-state index contributed by atoms with van der Waals surface area (Å²) in [6.07, 6.45) is 6.30. The van der Waals surface area contributed by atoms with E-state index >= 15 is 0 Å². The number of hydrogen-bond donors (Lipinski definition) is 1. The molecule has 0 radical (unpaired) electrons. The molecule has 1 saturated carbocycles. The standard InChI is InChI=1S/C22H21FN6O/c1-3-4-14-5-12(2)17(10-24-14)15-6-13-9-25-20(28-22(30)16-7-18(16)23)8-19(13)29-21(15)26-11-27-29/h5-6,8-11,16,18H,3-4,7H2,1-2H3,(H,25,28,30)/t16-,18+/m0/s1. The Balaban J connectivity index is 1.58. The number of carbonyl (C=O) groups is 1. The molecule has 4 aromatic heterocycles. The molecular weight excluding hydrogens is 383 g/mol. The lowest BCUT2D eigenvalue weighted by Crippen LogP contribution is -2.16. The topological polar surface area (TPSA) is 85.1 Å². The van der Waals surface area contributed by atoms with Crippen LogP contribution in [-0.2, 0) is 11.2 Å². The predicted molar refractivity (Wildman–Crippen MR) is 112 cm³/mol. The van der Waals surface area contributed by atoms with Crippen LogP contribution in [0.25, 0.3) is 27.7 Å². The number of rotatable bonds is 5. The van der Waals surface area contributed by atoms with Crippen molar-refractivity contribution >= 4 is 28.3 Å². The van der Waals surface area contributed by atoms with Crippen LogP contribution in [0.5, 0.6) is 0 Å². The molecule has 4 heterocycles. The van der Waals surface area contributed by atoms with E-state index in [9.17, 15) is 9.18 Å². The van der Waals surface area contributed by atoms with Gasteiger partial charge in [-0.15, -0.1) is 0 Å². The monoisotopic (exact) mass is 404 g/mol. The molecule has 0 aromatic carbocycles. The molecule has 1 aliphatic carbocycles. The molecular formula is C22H21FN6O. The van der Waals surface area contributed by atoms with Crippen LogP contribution in [0.1, 0.15) is 31.0 Å². The van der Waals surface area contributed by atoms with Crippen LogP contribution in [-0.4, -0.2) is 36.6 Å².